The Morgan fingerprint density at radius 1 is 0.882 bits per heavy atom. The van der Waals surface area contributed by atoms with Crippen LogP contribution in [0.2, 0.25) is 0 Å². The highest BCUT2D eigenvalue weighted by atomic mass is 14.1. The largest absolute Gasteiger partial charge is 0.0651 e. The third-order valence-electron chi connectivity index (χ3n) is 3.90. The van der Waals surface area contributed by atoms with Crippen LogP contribution in [0.3, 0.4) is 0 Å². The lowest BCUT2D eigenvalue weighted by molar-refractivity contribution is 0.469. The minimum Gasteiger partial charge on any atom is -0.0651 e. The van der Waals surface area contributed by atoms with Gasteiger partial charge in [-0.1, -0.05) is 83.2 Å². The first-order chi connectivity index (χ1) is 8.24. The maximum Gasteiger partial charge on any atom is -0.0190 e. The van der Waals surface area contributed by atoms with E-state index in [9.17, 15) is 0 Å². The summed E-state index contributed by atoms with van der Waals surface area (Å²) in [5, 5.41) is 0. The molecule has 0 bridgehead atoms. The first-order valence-electron chi connectivity index (χ1n) is 7.29. The monoisotopic (exact) mass is 232 g/mol. The molecule has 1 rings (SSSR count). The second-order valence-corrected chi connectivity index (χ2v) is 5.46. The zero-order valence-electron chi connectivity index (χ0n) is 11.8. The Balaban J connectivity index is 2.11. The highest BCUT2D eigenvalue weighted by molar-refractivity contribution is 5.18. The molecule has 0 saturated heterocycles. The smallest absolute Gasteiger partial charge is 0.0190 e. The van der Waals surface area contributed by atoms with Crippen LogP contribution in [0, 0.1) is 5.92 Å². The molecule has 0 saturated carbocycles. The normalized spacial score (nSPS) is 14.5. The van der Waals surface area contributed by atoms with Crippen LogP contribution in [0.15, 0.2) is 30.3 Å². The molecule has 0 spiro atoms. The summed E-state index contributed by atoms with van der Waals surface area (Å²) in [4.78, 5) is 0. The van der Waals surface area contributed by atoms with Gasteiger partial charge in [-0.15, -0.1) is 0 Å². The van der Waals surface area contributed by atoms with E-state index in [2.05, 4.69) is 51.1 Å². The SMILES string of the molecule is CCC(C)CCCCCC(C)c1ccccc1. The van der Waals surface area contributed by atoms with Crippen molar-refractivity contribution >= 4 is 0 Å². The van der Waals surface area contributed by atoms with Gasteiger partial charge in [-0.05, 0) is 23.8 Å². The maximum atomic E-state index is 2.37. The molecule has 96 valence electrons. The maximum absolute atomic E-state index is 2.37. The molecule has 0 heteroatoms. The number of hydrogen-bond donors (Lipinski definition) is 0. The molecule has 0 aromatic heterocycles. The van der Waals surface area contributed by atoms with Gasteiger partial charge in [-0.2, -0.15) is 0 Å². The zero-order valence-corrected chi connectivity index (χ0v) is 11.8. The van der Waals surface area contributed by atoms with E-state index in [0.29, 0.717) is 0 Å². The lowest BCUT2D eigenvalue weighted by Crippen LogP contribution is -1.95. The van der Waals surface area contributed by atoms with Gasteiger partial charge in [0.2, 0.25) is 0 Å². The van der Waals surface area contributed by atoms with Crippen molar-refractivity contribution < 1.29 is 0 Å². The quantitative estimate of drug-likeness (QED) is 0.498. The van der Waals surface area contributed by atoms with Crippen LogP contribution in [0.25, 0.3) is 0 Å². The van der Waals surface area contributed by atoms with Gasteiger partial charge in [0.25, 0.3) is 0 Å². The Morgan fingerprint density at radius 3 is 2.18 bits per heavy atom. The number of unbranched alkanes of at least 4 members (excludes halogenated alkanes) is 2. The van der Waals surface area contributed by atoms with Gasteiger partial charge >= 0.3 is 0 Å². The van der Waals surface area contributed by atoms with Crippen molar-refractivity contribution in [2.45, 2.75) is 65.2 Å². The molecule has 17 heavy (non-hydrogen) atoms. The summed E-state index contributed by atoms with van der Waals surface area (Å²) in [5.74, 6) is 1.64. The minimum absolute atomic E-state index is 0.722. The summed E-state index contributed by atoms with van der Waals surface area (Å²) in [7, 11) is 0. The zero-order chi connectivity index (χ0) is 12.5. The van der Waals surface area contributed by atoms with Crippen molar-refractivity contribution in [3.05, 3.63) is 35.9 Å². The predicted octanol–water partition coefficient (Wildman–Crippen LogP) is 5.79. The van der Waals surface area contributed by atoms with Crippen molar-refractivity contribution in [2.24, 2.45) is 5.92 Å². The van der Waals surface area contributed by atoms with E-state index >= 15 is 0 Å². The lowest BCUT2D eigenvalue weighted by atomic mass is 9.94. The molecule has 2 atom stereocenters. The van der Waals surface area contributed by atoms with Crippen LogP contribution in [0.5, 0.6) is 0 Å². The van der Waals surface area contributed by atoms with Crippen molar-refractivity contribution in [1.82, 2.24) is 0 Å². The molecule has 0 aliphatic rings. The molecule has 0 aliphatic carbocycles. The molecule has 0 heterocycles. The number of rotatable bonds is 8. The fourth-order valence-electron chi connectivity index (χ4n) is 2.27. The second-order valence-electron chi connectivity index (χ2n) is 5.46. The van der Waals surface area contributed by atoms with E-state index in [4.69, 9.17) is 0 Å². The van der Waals surface area contributed by atoms with Gasteiger partial charge in [0.05, 0.1) is 0 Å². The lowest BCUT2D eigenvalue weighted by Gasteiger charge is -2.12. The van der Waals surface area contributed by atoms with Gasteiger partial charge < -0.3 is 0 Å². The summed E-state index contributed by atoms with van der Waals surface area (Å²) in [5.41, 5.74) is 1.49. The fourth-order valence-corrected chi connectivity index (χ4v) is 2.27. The number of benzene rings is 1. The Labute approximate surface area is 107 Å². The molecule has 1 aromatic rings. The summed E-state index contributed by atoms with van der Waals surface area (Å²) >= 11 is 0. The molecule has 0 amide bonds. The van der Waals surface area contributed by atoms with Crippen LogP contribution in [-0.4, -0.2) is 0 Å². The average Bonchev–Trinajstić information content (AvgIpc) is 2.38. The number of hydrogen-bond acceptors (Lipinski definition) is 0. The van der Waals surface area contributed by atoms with E-state index in [1.54, 1.807) is 0 Å². The third-order valence-corrected chi connectivity index (χ3v) is 3.90. The molecular weight excluding hydrogens is 204 g/mol. The van der Waals surface area contributed by atoms with Crippen molar-refractivity contribution in [3.8, 4) is 0 Å². The van der Waals surface area contributed by atoms with E-state index in [0.717, 1.165) is 11.8 Å². The third kappa shape index (κ3) is 5.91. The van der Waals surface area contributed by atoms with Gasteiger partial charge in [0.1, 0.15) is 0 Å². The highest BCUT2D eigenvalue weighted by Crippen LogP contribution is 2.22. The summed E-state index contributed by atoms with van der Waals surface area (Å²) in [6.45, 7) is 7.01. The van der Waals surface area contributed by atoms with E-state index in [-0.39, 0.29) is 0 Å². The molecule has 2 unspecified atom stereocenters. The average molecular weight is 232 g/mol. The van der Waals surface area contributed by atoms with Crippen molar-refractivity contribution in [3.63, 3.8) is 0 Å². The van der Waals surface area contributed by atoms with E-state index < -0.39 is 0 Å². The molecular formula is C17H28. The van der Waals surface area contributed by atoms with Crippen molar-refractivity contribution in [1.29, 1.82) is 0 Å². The summed E-state index contributed by atoms with van der Waals surface area (Å²) < 4.78 is 0. The van der Waals surface area contributed by atoms with Gasteiger partial charge in [0, 0.05) is 0 Å². The Morgan fingerprint density at radius 2 is 1.53 bits per heavy atom. The molecule has 0 radical (unpaired) electrons. The molecule has 0 N–H and O–H groups in total. The summed E-state index contributed by atoms with van der Waals surface area (Å²) in [6.07, 6.45) is 8.28. The standard InChI is InChI=1S/C17H28/c1-4-15(2)11-7-5-8-12-16(3)17-13-9-6-10-14-17/h6,9-10,13-16H,4-5,7-8,11-12H2,1-3H3. The molecule has 0 fully saturated rings. The topological polar surface area (TPSA) is 0 Å². The predicted molar refractivity (Wildman–Crippen MR) is 77.4 cm³/mol. The minimum atomic E-state index is 0.722. The van der Waals surface area contributed by atoms with Crippen LogP contribution in [0.4, 0.5) is 0 Å². The Kier molecular flexibility index (Phi) is 7.00. The van der Waals surface area contributed by atoms with Gasteiger partial charge in [0.15, 0.2) is 0 Å². The molecule has 0 nitrogen and oxygen atoms in total. The van der Waals surface area contributed by atoms with Gasteiger partial charge in [-0.25, -0.2) is 0 Å². The van der Waals surface area contributed by atoms with Crippen LogP contribution in [0.1, 0.15) is 70.8 Å². The highest BCUT2D eigenvalue weighted by Gasteiger charge is 2.04. The van der Waals surface area contributed by atoms with E-state index in [1.165, 1.54) is 44.1 Å². The first kappa shape index (κ1) is 14.3. The van der Waals surface area contributed by atoms with Crippen LogP contribution in [-0.2, 0) is 0 Å². The molecule has 1 aromatic carbocycles. The van der Waals surface area contributed by atoms with Crippen LogP contribution < -0.4 is 0 Å². The molecule has 0 aliphatic heterocycles. The second kappa shape index (κ2) is 8.33. The first-order valence-corrected chi connectivity index (χ1v) is 7.29. The Hall–Kier alpha value is -0.780. The van der Waals surface area contributed by atoms with Crippen LogP contribution >= 0.6 is 0 Å². The fraction of sp³-hybridized carbons (Fsp3) is 0.647. The summed E-state index contributed by atoms with van der Waals surface area (Å²) in [6, 6.07) is 10.9. The van der Waals surface area contributed by atoms with E-state index in [1.807, 2.05) is 0 Å². The van der Waals surface area contributed by atoms with Gasteiger partial charge in [-0.3, -0.25) is 0 Å². The Bertz CT molecular complexity index is 275. The van der Waals surface area contributed by atoms with Crippen molar-refractivity contribution in [2.75, 3.05) is 0 Å².